The molecular weight excluding hydrogens is 244 g/mol. The molecule has 2 saturated carbocycles. The van der Waals surface area contributed by atoms with E-state index in [9.17, 15) is 4.79 Å². The minimum Gasteiger partial charge on any atom is -0.467 e. The minimum absolute atomic E-state index is 0.0713. The lowest BCUT2D eigenvalue weighted by Gasteiger charge is -2.51. The summed E-state index contributed by atoms with van der Waals surface area (Å²) in [7, 11) is 1.44. The van der Waals surface area contributed by atoms with E-state index in [0.717, 1.165) is 12.8 Å². The van der Waals surface area contributed by atoms with Gasteiger partial charge < -0.3 is 14.2 Å². The fraction of sp³-hybridized carbons (Fsp3) is 0.933. The van der Waals surface area contributed by atoms with Gasteiger partial charge in [0, 0.05) is 11.3 Å². The van der Waals surface area contributed by atoms with E-state index in [0.29, 0.717) is 12.5 Å². The van der Waals surface area contributed by atoms with Gasteiger partial charge in [0.2, 0.25) is 0 Å². The van der Waals surface area contributed by atoms with E-state index in [1.54, 1.807) is 0 Å². The second kappa shape index (κ2) is 3.34. The number of methoxy groups -OCH3 is 1. The van der Waals surface area contributed by atoms with Crippen LogP contribution in [0.5, 0.6) is 0 Å². The third kappa shape index (κ3) is 1.30. The van der Waals surface area contributed by atoms with Crippen molar-refractivity contribution in [3.63, 3.8) is 0 Å². The summed E-state index contributed by atoms with van der Waals surface area (Å²) in [4.78, 5) is 12.2. The Balaban J connectivity index is 1.76. The predicted octanol–water partition coefficient (Wildman–Crippen LogP) is 1.91. The second-order valence-electron chi connectivity index (χ2n) is 7.55. The molecular formula is C15H22O4. The van der Waals surface area contributed by atoms with Crippen LogP contribution >= 0.6 is 0 Å². The Bertz CT molecular complexity index is 445. The van der Waals surface area contributed by atoms with Gasteiger partial charge in [-0.3, -0.25) is 0 Å². The number of rotatable bonds is 1. The van der Waals surface area contributed by atoms with E-state index in [2.05, 4.69) is 13.8 Å². The van der Waals surface area contributed by atoms with Crippen molar-refractivity contribution < 1.29 is 19.0 Å². The number of ether oxygens (including phenoxy) is 3. The van der Waals surface area contributed by atoms with Gasteiger partial charge in [0.05, 0.1) is 19.8 Å². The Kier molecular flexibility index (Phi) is 2.14. The maximum atomic E-state index is 12.2. The van der Waals surface area contributed by atoms with Crippen LogP contribution in [-0.2, 0) is 19.0 Å². The molecule has 19 heavy (non-hydrogen) atoms. The number of epoxide rings is 1. The van der Waals surface area contributed by atoms with Crippen LogP contribution < -0.4 is 0 Å². The molecule has 0 aromatic heterocycles. The van der Waals surface area contributed by atoms with E-state index < -0.39 is 5.60 Å². The molecule has 2 heterocycles. The molecule has 2 bridgehead atoms. The summed E-state index contributed by atoms with van der Waals surface area (Å²) in [5.74, 6) is 0.290. The molecule has 4 nitrogen and oxygen atoms in total. The maximum Gasteiger partial charge on any atom is 0.341 e. The predicted molar refractivity (Wildman–Crippen MR) is 67.5 cm³/mol. The first kappa shape index (κ1) is 12.2. The molecule has 0 N–H and O–H groups in total. The number of carbonyl (C=O) groups excluding carboxylic acids is 1. The number of hydrogen-bond donors (Lipinski definition) is 0. The molecule has 0 unspecified atom stereocenters. The van der Waals surface area contributed by atoms with Crippen LogP contribution in [0.2, 0.25) is 0 Å². The van der Waals surface area contributed by atoms with Gasteiger partial charge in [-0.2, -0.15) is 0 Å². The van der Waals surface area contributed by atoms with Crippen LogP contribution in [-0.4, -0.2) is 37.5 Å². The number of hydrogen-bond acceptors (Lipinski definition) is 4. The molecule has 0 radical (unpaired) electrons. The molecule has 1 spiro atoms. The van der Waals surface area contributed by atoms with Crippen LogP contribution in [0.15, 0.2) is 0 Å². The molecule has 4 fully saturated rings. The molecule has 2 aliphatic heterocycles. The van der Waals surface area contributed by atoms with E-state index in [-0.39, 0.29) is 29.0 Å². The van der Waals surface area contributed by atoms with Crippen molar-refractivity contribution in [3.8, 4) is 0 Å². The Labute approximate surface area is 113 Å². The largest absolute Gasteiger partial charge is 0.467 e. The summed E-state index contributed by atoms with van der Waals surface area (Å²) < 4.78 is 16.9. The van der Waals surface area contributed by atoms with Crippen molar-refractivity contribution in [2.75, 3.05) is 13.7 Å². The molecule has 4 aliphatic rings. The van der Waals surface area contributed by atoms with E-state index in [1.165, 1.54) is 20.0 Å². The van der Waals surface area contributed by atoms with Gasteiger partial charge in [0.1, 0.15) is 6.10 Å². The first-order valence-electron chi connectivity index (χ1n) is 7.33. The van der Waals surface area contributed by atoms with Gasteiger partial charge in [-0.25, -0.2) is 4.79 Å². The SMILES string of the molecule is COC(=O)[C@]12C[C@@]3(CCCC(C)(C)[C@H]3[C@@H]3O[C@@H]31)CO2. The lowest BCUT2D eigenvalue weighted by atomic mass is 9.50. The fourth-order valence-electron chi connectivity index (χ4n) is 5.44. The Hall–Kier alpha value is -0.610. The van der Waals surface area contributed by atoms with Crippen molar-refractivity contribution in [3.05, 3.63) is 0 Å². The van der Waals surface area contributed by atoms with Gasteiger partial charge >= 0.3 is 5.97 Å². The second-order valence-corrected chi connectivity index (χ2v) is 7.55. The summed E-state index contributed by atoms with van der Waals surface area (Å²) in [6.45, 7) is 5.40. The van der Waals surface area contributed by atoms with Crippen molar-refractivity contribution in [1.82, 2.24) is 0 Å². The quantitative estimate of drug-likeness (QED) is 0.537. The maximum absolute atomic E-state index is 12.2. The molecule has 2 saturated heterocycles. The Morgan fingerprint density at radius 1 is 1.32 bits per heavy atom. The zero-order chi connectivity index (χ0) is 13.5. The van der Waals surface area contributed by atoms with Gasteiger partial charge in [-0.15, -0.1) is 0 Å². The summed E-state index contributed by atoms with van der Waals surface area (Å²) in [5.41, 5.74) is -0.384. The molecule has 5 atom stereocenters. The highest BCUT2D eigenvalue weighted by Crippen LogP contribution is 2.69. The average Bonchev–Trinajstić information content (AvgIpc) is 3.07. The fourth-order valence-corrected chi connectivity index (χ4v) is 5.44. The molecule has 0 aromatic rings. The lowest BCUT2D eigenvalue weighted by Crippen LogP contribution is -2.55. The topological polar surface area (TPSA) is 48.1 Å². The highest BCUT2D eigenvalue weighted by atomic mass is 16.7. The highest BCUT2D eigenvalue weighted by Gasteiger charge is 2.78. The van der Waals surface area contributed by atoms with Crippen LogP contribution in [0, 0.1) is 16.7 Å². The van der Waals surface area contributed by atoms with E-state index in [4.69, 9.17) is 14.2 Å². The Morgan fingerprint density at radius 2 is 2.11 bits per heavy atom. The summed E-state index contributed by atoms with van der Waals surface area (Å²) >= 11 is 0. The minimum atomic E-state index is -0.802. The van der Waals surface area contributed by atoms with Gasteiger partial charge in [-0.05, 0) is 24.7 Å². The third-order valence-corrected chi connectivity index (χ3v) is 6.07. The summed E-state index contributed by atoms with van der Waals surface area (Å²) in [5, 5.41) is 0. The van der Waals surface area contributed by atoms with Crippen molar-refractivity contribution >= 4 is 5.97 Å². The van der Waals surface area contributed by atoms with Crippen LogP contribution in [0.1, 0.15) is 39.5 Å². The molecule has 4 rings (SSSR count). The normalized spacial score (nSPS) is 53.1. The third-order valence-electron chi connectivity index (χ3n) is 6.07. The van der Waals surface area contributed by atoms with Crippen molar-refractivity contribution in [1.29, 1.82) is 0 Å². The molecule has 4 heteroatoms. The first-order chi connectivity index (χ1) is 8.95. The van der Waals surface area contributed by atoms with Crippen LogP contribution in [0.3, 0.4) is 0 Å². The number of fused-ring (bicyclic) bond motifs is 4. The zero-order valence-electron chi connectivity index (χ0n) is 11.9. The molecule has 2 aliphatic carbocycles. The smallest absolute Gasteiger partial charge is 0.341 e. The number of carbonyl (C=O) groups is 1. The van der Waals surface area contributed by atoms with Crippen molar-refractivity contribution in [2.24, 2.45) is 16.7 Å². The van der Waals surface area contributed by atoms with Crippen LogP contribution in [0.4, 0.5) is 0 Å². The molecule has 106 valence electrons. The Morgan fingerprint density at radius 3 is 2.84 bits per heavy atom. The first-order valence-corrected chi connectivity index (χ1v) is 7.33. The monoisotopic (exact) mass is 266 g/mol. The van der Waals surface area contributed by atoms with Crippen LogP contribution in [0.25, 0.3) is 0 Å². The summed E-state index contributed by atoms with van der Waals surface area (Å²) in [6, 6.07) is 0. The standard InChI is InChI=1S/C15H22O4/c1-13(2)5-4-6-14-7-15(18-8-14,12(16)17-3)11-9(19-11)10(13)14/h9-11H,4-8H2,1-3H3/t9-,10+,11-,14-,15-/m0/s1. The van der Waals surface area contributed by atoms with Crippen molar-refractivity contribution in [2.45, 2.75) is 57.3 Å². The van der Waals surface area contributed by atoms with E-state index in [1.807, 2.05) is 0 Å². The lowest BCUT2D eigenvalue weighted by molar-refractivity contribution is -0.166. The zero-order valence-corrected chi connectivity index (χ0v) is 11.9. The molecule has 0 aromatic carbocycles. The number of esters is 1. The summed E-state index contributed by atoms with van der Waals surface area (Å²) in [6.07, 6.45) is 4.55. The van der Waals surface area contributed by atoms with Gasteiger partial charge in [0.25, 0.3) is 0 Å². The molecule has 0 amide bonds. The van der Waals surface area contributed by atoms with E-state index >= 15 is 0 Å². The van der Waals surface area contributed by atoms with Gasteiger partial charge in [0.15, 0.2) is 5.60 Å². The van der Waals surface area contributed by atoms with Gasteiger partial charge in [-0.1, -0.05) is 20.3 Å². The average molecular weight is 266 g/mol. The highest BCUT2D eigenvalue weighted by molar-refractivity contribution is 5.82.